The molecule has 0 atom stereocenters. The van der Waals surface area contributed by atoms with Crippen LogP contribution in [0, 0.1) is 5.92 Å². The number of rotatable bonds is 6. The Bertz CT molecular complexity index is 310. The average Bonchev–Trinajstić information content (AvgIpc) is 2.84. The highest BCUT2D eigenvalue weighted by Gasteiger charge is 2.12. The molecule has 0 bridgehead atoms. The molecule has 1 aromatic heterocycles. The Morgan fingerprint density at radius 3 is 2.82 bits per heavy atom. The first-order valence-corrected chi connectivity index (χ1v) is 7.24. The van der Waals surface area contributed by atoms with Gasteiger partial charge in [-0.05, 0) is 37.4 Å². The van der Waals surface area contributed by atoms with Gasteiger partial charge in [-0.15, -0.1) is 0 Å². The molecule has 1 fully saturated rings. The summed E-state index contributed by atoms with van der Waals surface area (Å²) in [7, 11) is 0. The van der Waals surface area contributed by atoms with Gasteiger partial charge in [-0.1, -0.05) is 32.1 Å². The molecule has 0 saturated heterocycles. The average molecular weight is 234 g/mol. The molecule has 0 aliphatic heterocycles. The summed E-state index contributed by atoms with van der Waals surface area (Å²) in [6, 6.07) is 2.22. The lowest BCUT2D eigenvalue weighted by atomic mass is 9.87. The molecule has 0 spiro atoms. The maximum atomic E-state index is 3.57. The normalized spacial score (nSPS) is 17.5. The molecular formula is C15H26N2. The van der Waals surface area contributed by atoms with E-state index in [2.05, 4.69) is 35.3 Å². The first-order chi connectivity index (χ1) is 8.38. The maximum Gasteiger partial charge on any atom is 0.0220 e. The van der Waals surface area contributed by atoms with Crippen LogP contribution >= 0.6 is 0 Å². The molecule has 1 aromatic rings. The van der Waals surface area contributed by atoms with Gasteiger partial charge < -0.3 is 9.88 Å². The van der Waals surface area contributed by atoms with Gasteiger partial charge in [0.25, 0.3) is 0 Å². The lowest BCUT2D eigenvalue weighted by Crippen LogP contribution is -2.18. The van der Waals surface area contributed by atoms with Gasteiger partial charge in [0.05, 0.1) is 0 Å². The number of nitrogens with one attached hydrogen (secondary N) is 1. The SMILES string of the molecule is CCn1ccc(CNCCC2CCCCC2)c1. The third kappa shape index (κ3) is 4.19. The van der Waals surface area contributed by atoms with Crippen LogP contribution in [0.3, 0.4) is 0 Å². The molecule has 0 amide bonds. The van der Waals surface area contributed by atoms with Crippen molar-refractivity contribution in [3.63, 3.8) is 0 Å². The molecule has 0 radical (unpaired) electrons. The van der Waals surface area contributed by atoms with Crippen LogP contribution < -0.4 is 5.32 Å². The minimum atomic E-state index is 0.997. The van der Waals surface area contributed by atoms with E-state index in [1.807, 2.05) is 0 Å². The van der Waals surface area contributed by atoms with Gasteiger partial charge in [0.1, 0.15) is 0 Å². The van der Waals surface area contributed by atoms with Crippen molar-refractivity contribution in [2.45, 2.75) is 58.5 Å². The number of aryl methyl sites for hydroxylation is 1. The monoisotopic (exact) mass is 234 g/mol. The van der Waals surface area contributed by atoms with E-state index in [0.717, 1.165) is 19.0 Å². The molecule has 1 saturated carbocycles. The fourth-order valence-electron chi connectivity index (χ4n) is 2.81. The summed E-state index contributed by atoms with van der Waals surface area (Å²) in [5, 5.41) is 3.57. The smallest absolute Gasteiger partial charge is 0.0220 e. The van der Waals surface area contributed by atoms with Gasteiger partial charge in [0, 0.05) is 25.5 Å². The first kappa shape index (κ1) is 12.7. The summed E-state index contributed by atoms with van der Waals surface area (Å²) in [5.41, 5.74) is 1.41. The van der Waals surface area contributed by atoms with Gasteiger partial charge in [-0.25, -0.2) is 0 Å². The summed E-state index contributed by atoms with van der Waals surface area (Å²) in [4.78, 5) is 0. The minimum Gasteiger partial charge on any atom is -0.354 e. The predicted octanol–water partition coefficient (Wildman–Crippen LogP) is 3.57. The summed E-state index contributed by atoms with van der Waals surface area (Å²) in [6.07, 6.45) is 13.1. The molecule has 96 valence electrons. The van der Waals surface area contributed by atoms with Crippen molar-refractivity contribution in [2.24, 2.45) is 5.92 Å². The molecule has 0 aromatic carbocycles. The molecule has 1 aliphatic rings. The van der Waals surface area contributed by atoms with Gasteiger partial charge in [0.2, 0.25) is 0 Å². The Morgan fingerprint density at radius 2 is 2.12 bits per heavy atom. The van der Waals surface area contributed by atoms with Crippen molar-refractivity contribution in [2.75, 3.05) is 6.54 Å². The fraction of sp³-hybridized carbons (Fsp3) is 0.733. The molecule has 2 heteroatoms. The van der Waals surface area contributed by atoms with Gasteiger partial charge in [0.15, 0.2) is 0 Å². The molecule has 1 N–H and O–H groups in total. The molecule has 2 nitrogen and oxygen atoms in total. The zero-order chi connectivity index (χ0) is 11.9. The quantitative estimate of drug-likeness (QED) is 0.745. The van der Waals surface area contributed by atoms with E-state index < -0.39 is 0 Å². The van der Waals surface area contributed by atoms with Crippen LogP contribution in [0.4, 0.5) is 0 Å². The van der Waals surface area contributed by atoms with Crippen molar-refractivity contribution < 1.29 is 0 Å². The van der Waals surface area contributed by atoms with Crippen LogP contribution in [-0.2, 0) is 13.1 Å². The predicted molar refractivity (Wildman–Crippen MR) is 73.0 cm³/mol. The molecule has 1 heterocycles. The highest BCUT2D eigenvalue weighted by Crippen LogP contribution is 2.25. The van der Waals surface area contributed by atoms with Crippen LogP contribution in [0.15, 0.2) is 18.5 Å². The second kappa shape index (κ2) is 6.85. The zero-order valence-corrected chi connectivity index (χ0v) is 11.1. The Labute approximate surface area is 105 Å². The van der Waals surface area contributed by atoms with E-state index in [1.54, 1.807) is 0 Å². The van der Waals surface area contributed by atoms with Crippen molar-refractivity contribution >= 4 is 0 Å². The third-order valence-corrected chi connectivity index (χ3v) is 3.96. The van der Waals surface area contributed by atoms with Crippen LogP contribution in [0.2, 0.25) is 0 Å². The number of aromatic nitrogens is 1. The Kier molecular flexibility index (Phi) is 5.11. The third-order valence-electron chi connectivity index (χ3n) is 3.96. The topological polar surface area (TPSA) is 17.0 Å². The molecule has 1 aliphatic carbocycles. The van der Waals surface area contributed by atoms with E-state index in [0.29, 0.717) is 0 Å². The van der Waals surface area contributed by atoms with E-state index in [-0.39, 0.29) is 0 Å². The van der Waals surface area contributed by atoms with Crippen LogP contribution in [-0.4, -0.2) is 11.1 Å². The van der Waals surface area contributed by atoms with Crippen LogP contribution in [0.25, 0.3) is 0 Å². The van der Waals surface area contributed by atoms with E-state index in [4.69, 9.17) is 0 Å². The van der Waals surface area contributed by atoms with Crippen LogP contribution in [0.5, 0.6) is 0 Å². The van der Waals surface area contributed by atoms with Gasteiger partial charge >= 0.3 is 0 Å². The fourth-order valence-corrected chi connectivity index (χ4v) is 2.81. The second-order valence-corrected chi connectivity index (χ2v) is 5.32. The Hall–Kier alpha value is -0.760. The van der Waals surface area contributed by atoms with Crippen molar-refractivity contribution in [3.05, 3.63) is 24.0 Å². The molecule has 17 heavy (non-hydrogen) atoms. The Balaban J connectivity index is 1.59. The van der Waals surface area contributed by atoms with E-state index >= 15 is 0 Å². The van der Waals surface area contributed by atoms with E-state index in [1.165, 1.54) is 50.6 Å². The Morgan fingerprint density at radius 1 is 1.29 bits per heavy atom. The zero-order valence-electron chi connectivity index (χ0n) is 11.1. The summed E-state index contributed by atoms with van der Waals surface area (Å²) in [5.74, 6) is 0.997. The molecular weight excluding hydrogens is 208 g/mol. The molecule has 2 rings (SSSR count). The summed E-state index contributed by atoms with van der Waals surface area (Å²) in [6.45, 7) is 5.46. The van der Waals surface area contributed by atoms with Crippen LogP contribution in [0.1, 0.15) is 51.0 Å². The second-order valence-electron chi connectivity index (χ2n) is 5.32. The van der Waals surface area contributed by atoms with E-state index in [9.17, 15) is 0 Å². The van der Waals surface area contributed by atoms with Crippen molar-refractivity contribution in [3.8, 4) is 0 Å². The van der Waals surface area contributed by atoms with Gasteiger partial charge in [-0.3, -0.25) is 0 Å². The van der Waals surface area contributed by atoms with Crippen molar-refractivity contribution in [1.82, 2.24) is 9.88 Å². The summed E-state index contributed by atoms with van der Waals surface area (Å²) < 4.78 is 2.23. The lowest BCUT2D eigenvalue weighted by molar-refractivity contribution is 0.334. The first-order valence-electron chi connectivity index (χ1n) is 7.24. The number of hydrogen-bond donors (Lipinski definition) is 1. The maximum absolute atomic E-state index is 3.57. The minimum absolute atomic E-state index is 0.997. The van der Waals surface area contributed by atoms with Crippen molar-refractivity contribution in [1.29, 1.82) is 0 Å². The largest absolute Gasteiger partial charge is 0.354 e. The highest BCUT2D eigenvalue weighted by atomic mass is 14.9. The van der Waals surface area contributed by atoms with Gasteiger partial charge in [-0.2, -0.15) is 0 Å². The summed E-state index contributed by atoms with van der Waals surface area (Å²) >= 11 is 0. The number of nitrogens with zero attached hydrogens (tertiary/aromatic N) is 1. The standard InChI is InChI=1S/C15H26N2/c1-2-17-11-9-15(13-17)12-16-10-8-14-6-4-3-5-7-14/h9,11,13-14,16H,2-8,10,12H2,1H3. The molecule has 0 unspecified atom stereocenters. The lowest BCUT2D eigenvalue weighted by Gasteiger charge is -2.21. The highest BCUT2D eigenvalue weighted by molar-refractivity contribution is 5.09. The number of hydrogen-bond acceptors (Lipinski definition) is 1.